The highest BCUT2D eigenvalue weighted by Crippen LogP contribution is 2.25. The van der Waals surface area contributed by atoms with Crippen molar-refractivity contribution >= 4 is 17.2 Å². The lowest BCUT2D eigenvalue weighted by Crippen LogP contribution is -2.60. The number of hydrogen-bond acceptors (Lipinski definition) is 4. The zero-order chi connectivity index (χ0) is 12.5. The Labute approximate surface area is 112 Å². The number of aromatic nitrogens is 1. The van der Waals surface area contributed by atoms with Crippen molar-refractivity contribution in [1.29, 1.82) is 0 Å². The average molecular weight is 265 g/mol. The van der Waals surface area contributed by atoms with Gasteiger partial charge in [0.15, 0.2) is 0 Å². The van der Waals surface area contributed by atoms with Crippen LogP contribution in [0.1, 0.15) is 36.7 Å². The smallest absolute Gasteiger partial charge is 0.273 e. The van der Waals surface area contributed by atoms with Crippen molar-refractivity contribution in [3.05, 3.63) is 16.6 Å². The minimum atomic E-state index is 0.106. The summed E-state index contributed by atoms with van der Waals surface area (Å²) in [6.45, 7) is 5.24. The van der Waals surface area contributed by atoms with E-state index in [0.717, 1.165) is 13.1 Å². The first-order valence-electron chi connectivity index (χ1n) is 6.69. The molecule has 0 radical (unpaired) electrons. The van der Waals surface area contributed by atoms with Gasteiger partial charge >= 0.3 is 0 Å². The van der Waals surface area contributed by atoms with Crippen molar-refractivity contribution in [2.75, 3.05) is 19.6 Å². The molecule has 0 bridgehead atoms. The van der Waals surface area contributed by atoms with Crippen molar-refractivity contribution < 1.29 is 4.79 Å². The molecule has 98 valence electrons. The highest BCUT2D eigenvalue weighted by atomic mass is 32.1. The number of fused-ring (bicyclic) bond motifs is 1. The highest BCUT2D eigenvalue weighted by molar-refractivity contribution is 7.07. The van der Waals surface area contributed by atoms with E-state index in [1.165, 1.54) is 37.1 Å². The second-order valence-corrected chi connectivity index (χ2v) is 6.04. The summed E-state index contributed by atoms with van der Waals surface area (Å²) in [5.41, 5.74) is 2.34. The zero-order valence-corrected chi connectivity index (χ0v) is 11.5. The van der Waals surface area contributed by atoms with E-state index in [9.17, 15) is 4.79 Å². The zero-order valence-electron chi connectivity index (χ0n) is 10.7. The molecule has 2 fully saturated rings. The summed E-state index contributed by atoms with van der Waals surface area (Å²) in [5, 5.41) is 1.85. The van der Waals surface area contributed by atoms with Crippen LogP contribution in [0.15, 0.2) is 10.9 Å². The van der Waals surface area contributed by atoms with E-state index in [1.807, 2.05) is 10.3 Å². The van der Waals surface area contributed by atoms with Crippen LogP contribution in [-0.2, 0) is 0 Å². The molecular formula is C13H19N3OS. The molecule has 0 aliphatic carbocycles. The van der Waals surface area contributed by atoms with Crippen molar-refractivity contribution in [2.24, 2.45) is 0 Å². The molecule has 2 aliphatic heterocycles. The number of carbonyl (C=O) groups excluding carboxylic acids is 1. The van der Waals surface area contributed by atoms with Crippen molar-refractivity contribution in [2.45, 2.75) is 38.3 Å². The number of carbonyl (C=O) groups is 1. The third-order valence-corrected chi connectivity index (χ3v) is 4.69. The second kappa shape index (κ2) is 4.97. The van der Waals surface area contributed by atoms with Crippen LogP contribution >= 0.6 is 11.3 Å². The third kappa shape index (κ3) is 2.17. The van der Waals surface area contributed by atoms with Crippen LogP contribution < -0.4 is 0 Å². The number of nitrogens with zero attached hydrogens (tertiary/aromatic N) is 3. The highest BCUT2D eigenvalue weighted by Gasteiger charge is 2.35. The van der Waals surface area contributed by atoms with E-state index < -0.39 is 0 Å². The van der Waals surface area contributed by atoms with Gasteiger partial charge in [0.05, 0.1) is 5.51 Å². The van der Waals surface area contributed by atoms with Crippen LogP contribution in [0.3, 0.4) is 0 Å². The molecule has 2 unspecified atom stereocenters. The van der Waals surface area contributed by atoms with Gasteiger partial charge in [-0.15, -0.1) is 11.3 Å². The number of piperidine rings is 1. The fourth-order valence-electron chi connectivity index (χ4n) is 3.10. The van der Waals surface area contributed by atoms with Gasteiger partial charge in [-0.3, -0.25) is 9.69 Å². The Morgan fingerprint density at radius 3 is 3.11 bits per heavy atom. The standard InChI is InChI=1S/C13H19N3OS/c1-10-6-15-5-3-2-4-11(15)7-16(10)13(17)12-8-18-9-14-12/h8-11H,2-7H2,1H3. The first-order valence-corrected chi connectivity index (χ1v) is 7.63. The Morgan fingerprint density at radius 1 is 1.44 bits per heavy atom. The van der Waals surface area contributed by atoms with Crippen molar-refractivity contribution in [3.8, 4) is 0 Å². The Hall–Kier alpha value is -0.940. The molecule has 1 amide bonds. The Kier molecular flexibility index (Phi) is 3.35. The van der Waals surface area contributed by atoms with E-state index in [1.54, 1.807) is 5.51 Å². The predicted octanol–water partition coefficient (Wildman–Crippen LogP) is 1.84. The first kappa shape index (κ1) is 12.1. The van der Waals surface area contributed by atoms with Gasteiger partial charge in [-0.05, 0) is 26.3 Å². The number of rotatable bonds is 1. The molecular weight excluding hydrogens is 246 g/mol. The molecule has 18 heavy (non-hydrogen) atoms. The molecule has 3 rings (SSSR count). The molecule has 0 N–H and O–H groups in total. The lowest BCUT2D eigenvalue weighted by molar-refractivity contribution is 0.0148. The maximum absolute atomic E-state index is 12.4. The van der Waals surface area contributed by atoms with Gasteiger partial charge in [-0.2, -0.15) is 0 Å². The lowest BCUT2D eigenvalue weighted by atomic mass is 9.97. The molecule has 2 atom stereocenters. The second-order valence-electron chi connectivity index (χ2n) is 5.32. The molecule has 0 saturated carbocycles. The summed E-state index contributed by atoms with van der Waals surface area (Å²) in [6, 6.07) is 0.867. The van der Waals surface area contributed by atoms with Gasteiger partial charge in [0, 0.05) is 30.6 Å². The van der Waals surface area contributed by atoms with E-state index in [2.05, 4.69) is 16.8 Å². The summed E-state index contributed by atoms with van der Waals surface area (Å²) in [4.78, 5) is 21.1. The fourth-order valence-corrected chi connectivity index (χ4v) is 3.63. The van der Waals surface area contributed by atoms with Gasteiger partial charge in [0.25, 0.3) is 5.91 Å². The summed E-state index contributed by atoms with van der Waals surface area (Å²) in [7, 11) is 0. The molecule has 1 aromatic heterocycles. The lowest BCUT2D eigenvalue weighted by Gasteiger charge is -2.47. The molecule has 5 heteroatoms. The molecule has 2 saturated heterocycles. The number of piperazine rings is 1. The maximum Gasteiger partial charge on any atom is 0.273 e. The largest absolute Gasteiger partial charge is 0.332 e. The summed E-state index contributed by atoms with van der Waals surface area (Å²) < 4.78 is 0. The van der Waals surface area contributed by atoms with E-state index in [4.69, 9.17) is 0 Å². The minimum Gasteiger partial charge on any atom is -0.332 e. The van der Waals surface area contributed by atoms with Gasteiger partial charge in [0.1, 0.15) is 5.69 Å². The van der Waals surface area contributed by atoms with Crippen LogP contribution in [0, 0.1) is 0 Å². The number of hydrogen-bond donors (Lipinski definition) is 0. The minimum absolute atomic E-state index is 0.106. The van der Waals surface area contributed by atoms with Gasteiger partial charge in [-0.25, -0.2) is 4.98 Å². The maximum atomic E-state index is 12.4. The van der Waals surface area contributed by atoms with Crippen molar-refractivity contribution in [1.82, 2.24) is 14.8 Å². The van der Waals surface area contributed by atoms with Gasteiger partial charge < -0.3 is 4.90 Å². The number of amides is 1. The van der Waals surface area contributed by atoms with Crippen molar-refractivity contribution in [3.63, 3.8) is 0 Å². The molecule has 0 spiro atoms. The fraction of sp³-hybridized carbons (Fsp3) is 0.692. The van der Waals surface area contributed by atoms with E-state index in [0.29, 0.717) is 17.8 Å². The molecule has 3 heterocycles. The summed E-state index contributed by atoms with van der Waals surface area (Å²) in [6.07, 6.45) is 3.84. The molecule has 2 aliphatic rings. The average Bonchev–Trinajstić information content (AvgIpc) is 2.91. The summed E-state index contributed by atoms with van der Waals surface area (Å²) >= 11 is 1.49. The van der Waals surface area contributed by atoms with Crippen LogP contribution in [0.5, 0.6) is 0 Å². The molecule has 0 aromatic carbocycles. The Morgan fingerprint density at radius 2 is 2.33 bits per heavy atom. The quantitative estimate of drug-likeness (QED) is 0.777. The third-order valence-electron chi connectivity index (χ3n) is 4.10. The molecule has 1 aromatic rings. The predicted molar refractivity (Wildman–Crippen MR) is 71.8 cm³/mol. The number of thiazole rings is 1. The van der Waals surface area contributed by atoms with E-state index >= 15 is 0 Å². The monoisotopic (exact) mass is 265 g/mol. The van der Waals surface area contributed by atoms with Gasteiger partial charge in [0.2, 0.25) is 0 Å². The van der Waals surface area contributed by atoms with Crippen LogP contribution in [0.25, 0.3) is 0 Å². The topological polar surface area (TPSA) is 36.4 Å². The Balaban J connectivity index is 1.74. The normalized spacial score (nSPS) is 29.1. The first-order chi connectivity index (χ1) is 8.75. The van der Waals surface area contributed by atoms with Crippen LogP contribution in [-0.4, -0.2) is 52.4 Å². The SMILES string of the molecule is CC1CN2CCCCC2CN1C(=O)c1cscn1. The summed E-state index contributed by atoms with van der Waals surface area (Å²) in [5.74, 6) is 0.106. The van der Waals surface area contributed by atoms with Crippen LogP contribution in [0.2, 0.25) is 0 Å². The Bertz CT molecular complexity index is 420. The van der Waals surface area contributed by atoms with E-state index in [-0.39, 0.29) is 5.91 Å². The molecule has 4 nitrogen and oxygen atoms in total. The van der Waals surface area contributed by atoms with Crippen LogP contribution in [0.4, 0.5) is 0 Å². The van der Waals surface area contributed by atoms with Gasteiger partial charge in [-0.1, -0.05) is 6.42 Å².